The number of fused-ring (bicyclic) bond motifs is 1. The van der Waals surface area contributed by atoms with Crippen LogP contribution in [0.3, 0.4) is 0 Å². The zero-order valence-corrected chi connectivity index (χ0v) is 13.2. The molecule has 11 heteroatoms. The molecule has 0 radical (unpaired) electrons. The molecule has 0 spiro atoms. The van der Waals surface area contributed by atoms with Crippen molar-refractivity contribution in [3.63, 3.8) is 0 Å². The van der Waals surface area contributed by atoms with Crippen molar-refractivity contribution >= 4 is 39.7 Å². The van der Waals surface area contributed by atoms with Gasteiger partial charge in [0.05, 0.1) is 13.1 Å². The summed E-state index contributed by atoms with van der Waals surface area (Å²) in [5, 5.41) is 11.2. The lowest BCUT2D eigenvalue weighted by atomic mass is 10.1. The zero-order valence-electron chi connectivity index (χ0n) is 11.0. The van der Waals surface area contributed by atoms with Crippen molar-refractivity contribution in [1.82, 2.24) is 4.98 Å². The van der Waals surface area contributed by atoms with Gasteiger partial charge in [0.25, 0.3) is 0 Å². The van der Waals surface area contributed by atoms with Gasteiger partial charge in [0, 0.05) is 20.7 Å². The summed E-state index contributed by atoms with van der Waals surface area (Å²) in [6, 6.07) is 5.16. The number of aromatic amines is 1. The van der Waals surface area contributed by atoms with E-state index in [0.29, 0.717) is 5.52 Å². The molecular weight excluding hydrogens is 401 g/mol. The summed E-state index contributed by atoms with van der Waals surface area (Å²) < 4.78 is 3.42. The molecule has 0 saturated carbocycles. The second-order valence-electron chi connectivity index (χ2n) is 4.16. The molecule has 0 saturated heterocycles. The first-order chi connectivity index (χ1) is 10.7. The van der Waals surface area contributed by atoms with Crippen LogP contribution >= 0.6 is 22.9 Å². The first-order valence-electron chi connectivity index (χ1n) is 5.92. The third kappa shape index (κ3) is 3.52. The van der Waals surface area contributed by atoms with Gasteiger partial charge in [-0.25, -0.2) is 0 Å². The third-order valence-corrected chi connectivity index (χ3v) is 3.08. The minimum Gasteiger partial charge on any atom is -0.350 e. The molecule has 10 nitrogen and oxygen atoms in total. The fourth-order valence-corrected chi connectivity index (χ4v) is 2.22. The second kappa shape index (κ2) is 7.41. The lowest BCUT2D eigenvalue weighted by Gasteiger charge is -2.03. The van der Waals surface area contributed by atoms with Crippen molar-refractivity contribution in [2.45, 2.75) is 13.1 Å². The Hall–Kier alpha value is -2.62. The van der Waals surface area contributed by atoms with Gasteiger partial charge in [-0.3, -0.25) is 4.79 Å². The highest BCUT2D eigenvalue weighted by atomic mass is 127. The van der Waals surface area contributed by atoms with E-state index >= 15 is 0 Å². The molecule has 1 N–H and O–H groups in total. The van der Waals surface area contributed by atoms with Crippen LogP contribution < -0.4 is 0 Å². The molecule has 1 aromatic carbocycles. The first-order valence-corrected chi connectivity index (χ1v) is 6.88. The highest BCUT2D eigenvalue weighted by Crippen LogP contribution is 2.24. The van der Waals surface area contributed by atoms with Gasteiger partial charge in [0.2, 0.25) is 0 Å². The summed E-state index contributed by atoms with van der Waals surface area (Å²) >= 11 is 1.62. The number of halogens is 1. The maximum Gasteiger partial charge on any atom is 0.312 e. The Morgan fingerprint density at radius 1 is 1.18 bits per heavy atom. The molecule has 1 amide bonds. The van der Waals surface area contributed by atoms with E-state index < -0.39 is 5.91 Å². The van der Waals surface area contributed by atoms with Gasteiger partial charge in [-0.05, 0) is 34.3 Å². The number of rotatable bonds is 5. The maximum absolute atomic E-state index is 11.8. The highest BCUT2D eigenvalue weighted by Gasteiger charge is 2.12. The van der Waals surface area contributed by atoms with E-state index in [4.69, 9.17) is 11.1 Å². The zero-order chi connectivity index (χ0) is 15.9. The molecule has 2 rings (SSSR count). The van der Waals surface area contributed by atoms with Crippen molar-refractivity contribution < 1.29 is 4.79 Å². The maximum atomic E-state index is 11.8. The predicted octanol–water partition coefficient (Wildman–Crippen LogP) is 4.73. The number of amides is 1. The summed E-state index contributed by atoms with van der Waals surface area (Å²) in [6.45, 7) is 0.280. The Labute approximate surface area is 137 Å². The third-order valence-electron chi connectivity index (χ3n) is 2.86. The number of carbonyl (C=O) groups excluding carboxylic acids is 1. The number of azide groups is 2. The van der Waals surface area contributed by atoms with E-state index in [9.17, 15) is 4.79 Å². The van der Waals surface area contributed by atoms with E-state index in [1.54, 1.807) is 41.1 Å². The largest absolute Gasteiger partial charge is 0.350 e. The number of aromatic nitrogens is 1. The van der Waals surface area contributed by atoms with Gasteiger partial charge >= 0.3 is 5.91 Å². The van der Waals surface area contributed by atoms with Gasteiger partial charge in [-0.2, -0.15) is 0 Å². The van der Waals surface area contributed by atoms with Gasteiger partial charge in [-0.1, -0.05) is 21.4 Å². The molecule has 0 aliphatic heterocycles. The minimum absolute atomic E-state index is 0.121. The van der Waals surface area contributed by atoms with Crippen molar-refractivity contribution in [2.24, 2.45) is 18.7 Å². The first kappa shape index (κ1) is 15.8. The van der Waals surface area contributed by atoms with E-state index in [0.717, 1.165) is 16.5 Å². The molecule has 0 bridgehead atoms. The summed E-state index contributed by atoms with van der Waals surface area (Å²) in [7, 11) is 0. The second-order valence-corrected chi connectivity index (χ2v) is 4.59. The predicted molar refractivity (Wildman–Crippen MR) is 87.2 cm³/mol. The molecule has 22 heavy (non-hydrogen) atoms. The summed E-state index contributed by atoms with van der Waals surface area (Å²) in [5.74, 6) is -0.503. The Morgan fingerprint density at radius 2 is 1.91 bits per heavy atom. The summed E-state index contributed by atoms with van der Waals surface area (Å²) in [6.07, 6.45) is 0. The minimum atomic E-state index is -0.503. The fourth-order valence-electron chi connectivity index (χ4n) is 2.03. The van der Waals surface area contributed by atoms with E-state index in [2.05, 4.69) is 33.5 Å². The van der Waals surface area contributed by atoms with Crippen LogP contribution in [0.4, 0.5) is 0 Å². The number of nitrogens with one attached hydrogen (secondary N) is 1. The van der Waals surface area contributed by atoms with E-state index in [-0.39, 0.29) is 18.8 Å². The Morgan fingerprint density at radius 3 is 2.59 bits per heavy atom. The van der Waals surface area contributed by atoms with Crippen molar-refractivity contribution in [1.29, 1.82) is 0 Å². The number of H-pyrrole nitrogens is 1. The molecular formula is C11H8IN9O. The number of carbonyl (C=O) groups is 1. The van der Waals surface area contributed by atoms with Crippen LogP contribution in [0, 0.1) is 0 Å². The van der Waals surface area contributed by atoms with Crippen molar-refractivity contribution in [3.8, 4) is 0 Å². The van der Waals surface area contributed by atoms with Gasteiger partial charge in [-0.15, -0.1) is 3.33 Å². The lowest BCUT2D eigenvalue weighted by Crippen LogP contribution is -1.92. The molecule has 110 valence electrons. The topological polar surface area (TPSA) is 155 Å². The highest BCUT2D eigenvalue weighted by molar-refractivity contribution is 14.1. The molecule has 0 unspecified atom stereocenters. The van der Waals surface area contributed by atoms with Crippen LogP contribution in [-0.2, 0) is 13.1 Å². The standard InChI is InChI=1S/C11H8IN9O/c12-19-18-11(22)10-3-8-7(5-16-21-14)1-6(4-15-20-13)2-9(8)17-10/h1-3,17H,4-5H2. The van der Waals surface area contributed by atoms with E-state index in [1.807, 2.05) is 0 Å². The van der Waals surface area contributed by atoms with Crippen molar-refractivity contribution in [3.05, 3.63) is 55.9 Å². The number of hydrogen-bond donors (Lipinski definition) is 1. The van der Waals surface area contributed by atoms with Crippen LogP contribution in [0.2, 0.25) is 0 Å². The number of nitrogens with zero attached hydrogens (tertiary/aromatic N) is 8. The molecule has 2 aromatic rings. The van der Waals surface area contributed by atoms with Gasteiger partial charge in [0.15, 0.2) is 0 Å². The Bertz CT molecular complexity index is 843. The van der Waals surface area contributed by atoms with Crippen LogP contribution in [0.25, 0.3) is 31.8 Å². The average Bonchev–Trinajstić information content (AvgIpc) is 2.95. The fraction of sp³-hybridized carbons (Fsp3) is 0.182. The summed E-state index contributed by atoms with van der Waals surface area (Å²) in [4.78, 5) is 20.1. The smallest absolute Gasteiger partial charge is 0.312 e. The van der Waals surface area contributed by atoms with Crippen LogP contribution in [-0.4, -0.2) is 10.9 Å². The molecule has 1 aromatic heterocycles. The Kier molecular flexibility index (Phi) is 5.31. The normalized spacial score (nSPS) is 10.4. The SMILES string of the molecule is [N-]=[N+]=NCc1cc(CN=[N+]=[N-])c2cc(C(=O)N=NI)[nH]c2c1. The number of benzene rings is 1. The lowest BCUT2D eigenvalue weighted by molar-refractivity contribution is 0.0992. The molecule has 0 fully saturated rings. The van der Waals surface area contributed by atoms with Crippen molar-refractivity contribution in [2.75, 3.05) is 0 Å². The van der Waals surface area contributed by atoms with Gasteiger partial charge < -0.3 is 4.98 Å². The molecule has 0 atom stereocenters. The van der Waals surface area contributed by atoms with Crippen LogP contribution in [0.5, 0.6) is 0 Å². The molecule has 0 aliphatic rings. The summed E-state index contributed by atoms with van der Waals surface area (Å²) in [5.41, 5.74) is 19.3. The Balaban J connectivity index is 2.57. The number of hydrogen-bond acceptors (Lipinski definition) is 4. The van der Waals surface area contributed by atoms with Gasteiger partial charge in [0.1, 0.15) is 28.6 Å². The van der Waals surface area contributed by atoms with Crippen LogP contribution in [0.15, 0.2) is 36.9 Å². The average molecular weight is 409 g/mol. The quantitative estimate of drug-likeness (QED) is 0.322. The van der Waals surface area contributed by atoms with Crippen LogP contribution in [0.1, 0.15) is 21.6 Å². The molecule has 1 heterocycles. The monoisotopic (exact) mass is 409 g/mol. The molecule has 0 aliphatic carbocycles. The van der Waals surface area contributed by atoms with E-state index in [1.165, 1.54) is 0 Å².